The molecule has 0 aromatic carbocycles. The van der Waals surface area contributed by atoms with Crippen LogP contribution in [-0.2, 0) is 9.53 Å². The molecule has 1 aromatic rings. The molecule has 1 fully saturated rings. The second kappa shape index (κ2) is 7.51. The number of aromatic amines is 1. The third kappa shape index (κ3) is 3.67. The molecular formula is C13H20N4O6. The third-order valence-electron chi connectivity index (χ3n) is 3.78. The predicted octanol–water partition coefficient (Wildman–Crippen LogP) is -3.13. The highest BCUT2D eigenvalue weighted by molar-refractivity contribution is 5.76. The minimum atomic E-state index is -0.963. The van der Waals surface area contributed by atoms with Crippen LogP contribution < -0.4 is 22.3 Å². The number of aliphatic hydroxyl groups excluding tert-OH is 2. The van der Waals surface area contributed by atoms with E-state index in [2.05, 4.69) is 10.3 Å². The molecule has 10 heteroatoms. The van der Waals surface area contributed by atoms with Crippen molar-refractivity contribution in [3.05, 3.63) is 33.1 Å². The highest BCUT2D eigenvalue weighted by Crippen LogP contribution is 2.32. The van der Waals surface area contributed by atoms with Crippen LogP contribution in [0.5, 0.6) is 0 Å². The zero-order valence-corrected chi connectivity index (χ0v) is 12.3. The second-order valence-electron chi connectivity index (χ2n) is 5.24. The van der Waals surface area contributed by atoms with Crippen LogP contribution >= 0.6 is 0 Å². The van der Waals surface area contributed by atoms with Crippen LogP contribution in [0.4, 0.5) is 0 Å². The molecular weight excluding hydrogens is 308 g/mol. The normalized spacial score (nSPS) is 27.1. The molecule has 6 N–H and O–H groups in total. The number of aliphatic hydroxyl groups is 2. The number of rotatable bonds is 6. The molecule has 2 rings (SSSR count). The van der Waals surface area contributed by atoms with Gasteiger partial charge in [0, 0.05) is 31.1 Å². The lowest BCUT2D eigenvalue weighted by Crippen LogP contribution is -2.47. The molecule has 4 atom stereocenters. The molecule has 1 amide bonds. The Balaban J connectivity index is 2.35. The van der Waals surface area contributed by atoms with Gasteiger partial charge in [-0.25, -0.2) is 4.79 Å². The quantitative estimate of drug-likeness (QED) is 0.369. The van der Waals surface area contributed by atoms with Gasteiger partial charge in [0.05, 0.1) is 25.4 Å². The Hall–Kier alpha value is -2.01. The lowest BCUT2D eigenvalue weighted by Gasteiger charge is -2.24. The first-order chi connectivity index (χ1) is 11.0. The summed E-state index contributed by atoms with van der Waals surface area (Å²) in [5.41, 5.74) is 4.06. The van der Waals surface area contributed by atoms with Gasteiger partial charge in [-0.15, -0.1) is 0 Å². The summed E-state index contributed by atoms with van der Waals surface area (Å²) < 4.78 is 6.70. The summed E-state index contributed by atoms with van der Waals surface area (Å²) in [4.78, 5) is 37.0. The first-order valence-corrected chi connectivity index (χ1v) is 7.20. The van der Waals surface area contributed by atoms with Crippen molar-refractivity contribution in [1.82, 2.24) is 14.9 Å². The summed E-state index contributed by atoms with van der Waals surface area (Å²) in [7, 11) is 0. The van der Waals surface area contributed by atoms with Crippen LogP contribution in [0.25, 0.3) is 0 Å². The van der Waals surface area contributed by atoms with Gasteiger partial charge in [-0.3, -0.25) is 19.1 Å². The molecule has 1 aromatic heterocycles. The number of carbonyl (C=O) groups excluding carboxylic acids is 1. The van der Waals surface area contributed by atoms with E-state index in [-0.39, 0.29) is 32.1 Å². The van der Waals surface area contributed by atoms with Gasteiger partial charge >= 0.3 is 5.69 Å². The van der Waals surface area contributed by atoms with Gasteiger partial charge < -0.3 is 26.0 Å². The lowest BCUT2D eigenvalue weighted by atomic mass is 9.96. The lowest BCUT2D eigenvalue weighted by molar-refractivity contribution is -0.122. The highest BCUT2D eigenvalue weighted by Gasteiger charge is 2.45. The zero-order valence-electron chi connectivity index (χ0n) is 12.3. The molecule has 0 spiro atoms. The van der Waals surface area contributed by atoms with Gasteiger partial charge in [0.1, 0.15) is 0 Å². The third-order valence-corrected chi connectivity index (χ3v) is 3.78. The fourth-order valence-corrected chi connectivity index (χ4v) is 2.65. The Labute approximate surface area is 130 Å². The van der Waals surface area contributed by atoms with Gasteiger partial charge in [-0.2, -0.15) is 0 Å². The number of nitrogens with zero attached hydrogens (tertiary/aromatic N) is 1. The summed E-state index contributed by atoms with van der Waals surface area (Å²) in [5, 5.41) is 21.6. The molecule has 1 aliphatic rings. The Bertz CT molecular complexity index is 656. The van der Waals surface area contributed by atoms with Gasteiger partial charge in [-0.1, -0.05) is 0 Å². The van der Waals surface area contributed by atoms with E-state index in [0.717, 1.165) is 10.6 Å². The standard InChI is InChI=1S/C13H20N4O6/c14-3-1-9(20)15-11-7(5-18)8(6-19)23-12(11)17-4-2-10(21)16-13(17)22/h2,4,7-8,11-12,18-19H,1,3,5-6,14H2,(H,15,20)(H,16,21,22)/t7?,8-,11?,12-/m1/s1. The van der Waals surface area contributed by atoms with Crippen LogP contribution in [-0.4, -0.2) is 57.6 Å². The second-order valence-corrected chi connectivity index (χ2v) is 5.24. The molecule has 10 nitrogen and oxygen atoms in total. The number of nitrogens with two attached hydrogens (primary N) is 1. The van der Waals surface area contributed by atoms with E-state index in [1.165, 1.54) is 6.20 Å². The molecule has 1 saturated heterocycles. The van der Waals surface area contributed by atoms with E-state index in [0.29, 0.717) is 0 Å². The summed E-state index contributed by atoms with van der Waals surface area (Å²) in [6, 6.07) is 0.392. The molecule has 0 bridgehead atoms. The van der Waals surface area contributed by atoms with E-state index < -0.39 is 35.5 Å². The number of nitrogens with one attached hydrogen (secondary N) is 2. The van der Waals surface area contributed by atoms with Gasteiger partial charge in [0.2, 0.25) is 5.91 Å². The molecule has 128 valence electrons. The number of hydrogen-bond acceptors (Lipinski definition) is 7. The minimum Gasteiger partial charge on any atom is -0.396 e. The van der Waals surface area contributed by atoms with Crippen molar-refractivity contribution in [3.63, 3.8) is 0 Å². The van der Waals surface area contributed by atoms with Crippen molar-refractivity contribution in [2.45, 2.75) is 24.8 Å². The maximum Gasteiger partial charge on any atom is 0.330 e. The Morgan fingerprint density at radius 2 is 2.13 bits per heavy atom. The predicted molar refractivity (Wildman–Crippen MR) is 78.5 cm³/mol. The summed E-state index contributed by atoms with van der Waals surface area (Å²) in [6.07, 6.45) is -0.407. The Kier molecular flexibility index (Phi) is 5.66. The number of hydrogen-bond donors (Lipinski definition) is 5. The summed E-state index contributed by atoms with van der Waals surface area (Å²) in [5.74, 6) is -0.967. The number of H-pyrrole nitrogens is 1. The molecule has 2 unspecified atom stereocenters. The van der Waals surface area contributed by atoms with E-state index in [9.17, 15) is 24.6 Å². The van der Waals surface area contributed by atoms with Gasteiger partial charge in [0.25, 0.3) is 5.56 Å². The highest BCUT2D eigenvalue weighted by atomic mass is 16.5. The van der Waals surface area contributed by atoms with Crippen LogP contribution in [0.1, 0.15) is 12.6 Å². The molecule has 1 aliphatic heterocycles. The van der Waals surface area contributed by atoms with Gasteiger partial charge in [-0.05, 0) is 0 Å². The molecule has 2 heterocycles. The Morgan fingerprint density at radius 3 is 2.70 bits per heavy atom. The van der Waals surface area contributed by atoms with E-state index in [1.807, 2.05) is 0 Å². The maximum absolute atomic E-state index is 11.9. The number of carbonyl (C=O) groups is 1. The molecule has 0 radical (unpaired) electrons. The summed E-state index contributed by atoms with van der Waals surface area (Å²) in [6.45, 7) is -0.591. The van der Waals surface area contributed by atoms with E-state index in [1.54, 1.807) is 0 Å². The van der Waals surface area contributed by atoms with Crippen LogP contribution in [0.3, 0.4) is 0 Å². The largest absolute Gasteiger partial charge is 0.396 e. The zero-order chi connectivity index (χ0) is 17.0. The van der Waals surface area contributed by atoms with Crippen molar-refractivity contribution < 1.29 is 19.7 Å². The minimum absolute atomic E-state index is 0.0751. The SMILES string of the molecule is NCCC(=O)NC1C(CO)[C@@H](CO)O[C@H]1n1ccc(=O)[nH]c1=O. The first-order valence-electron chi connectivity index (χ1n) is 7.20. The van der Waals surface area contributed by atoms with Crippen molar-refractivity contribution in [2.24, 2.45) is 11.7 Å². The van der Waals surface area contributed by atoms with E-state index >= 15 is 0 Å². The fraction of sp³-hybridized carbons (Fsp3) is 0.615. The molecule has 23 heavy (non-hydrogen) atoms. The van der Waals surface area contributed by atoms with E-state index in [4.69, 9.17) is 10.5 Å². The number of ether oxygens (including phenoxy) is 1. The monoisotopic (exact) mass is 328 g/mol. The maximum atomic E-state index is 11.9. The van der Waals surface area contributed by atoms with Crippen LogP contribution in [0, 0.1) is 5.92 Å². The average molecular weight is 328 g/mol. The Morgan fingerprint density at radius 1 is 1.39 bits per heavy atom. The molecule has 0 saturated carbocycles. The van der Waals surface area contributed by atoms with Crippen LogP contribution in [0.2, 0.25) is 0 Å². The van der Waals surface area contributed by atoms with Crippen LogP contribution in [0.15, 0.2) is 21.9 Å². The number of aromatic nitrogens is 2. The van der Waals surface area contributed by atoms with Crippen molar-refractivity contribution in [1.29, 1.82) is 0 Å². The van der Waals surface area contributed by atoms with Crippen molar-refractivity contribution >= 4 is 5.91 Å². The van der Waals surface area contributed by atoms with Gasteiger partial charge in [0.15, 0.2) is 6.23 Å². The smallest absolute Gasteiger partial charge is 0.330 e. The average Bonchev–Trinajstić information content (AvgIpc) is 2.85. The fourth-order valence-electron chi connectivity index (χ4n) is 2.65. The van der Waals surface area contributed by atoms with Crippen molar-refractivity contribution in [3.8, 4) is 0 Å². The first kappa shape index (κ1) is 17.3. The molecule has 0 aliphatic carbocycles. The summed E-state index contributed by atoms with van der Waals surface area (Å²) >= 11 is 0. The number of amides is 1. The topological polar surface area (TPSA) is 160 Å². The van der Waals surface area contributed by atoms with Crippen molar-refractivity contribution in [2.75, 3.05) is 19.8 Å².